The fourth-order valence-corrected chi connectivity index (χ4v) is 5.98. The highest BCUT2D eigenvalue weighted by atomic mass is 35.5. The maximum Gasteiger partial charge on any atom is 0.340 e. The Morgan fingerprint density at radius 3 is 2.04 bits per heavy atom. The van der Waals surface area contributed by atoms with E-state index in [4.69, 9.17) is 16.3 Å². The van der Waals surface area contributed by atoms with Crippen LogP contribution in [0.5, 0.6) is 5.75 Å². The van der Waals surface area contributed by atoms with E-state index in [-0.39, 0.29) is 61.5 Å². The molecule has 1 aromatic rings. The van der Waals surface area contributed by atoms with E-state index in [1.807, 2.05) is 0 Å². The van der Waals surface area contributed by atoms with Crippen LogP contribution >= 0.6 is 11.6 Å². The molecule has 0 heterocycles. The predicted molar refractivity (Wildman–Crippen MR) is 89.9 cm³/mol. The quantitative estimate of drug-likeness (QED) is 0.513. The van der Waals surface area contributed by atoms with Gasteiger partial charge in [0, 0.05) is 30.7 Å². The summed E-state index contributed by atoms with van der Waals surface area (Å²) < 4.78 is 69.2. The Labute approximate surface area is 159 Å². The first-order chi connectivity index (χ1) is 12.5. The maximum atomic E-state index is 15.0. The van der Waals surface area contributed by atoms with Crippen molar-refractivity contribution >= 4 is 17.6 Å². The van der Waals surface area contributed by atoms with Crippen molar-refractivity contribution in [2.75, 3.05) is 13.7 Å². The number of hydrogen-bond donors (Lipinski definition) is 0. The average Bonchev–Trinajstić information content (AvgIpc) is 2.50. The first-order valence-corrected chi connectivity index (χ1v) is 9.13. The molecule has 4 fully saturated rings. The van der Waals surface area contributed by atoms with E-state index in [2.05, 4.69) is 4.74 Å². The summed E-state index contributed by atoms with van der Waals surface area (Å²) in [6, 6.07) is 2.00. The number of carbonyl (C=O) groups is 1. The zero-order chi connectivity index (χ0) is 19.7. The van der Waals surface area contributed by atoms with E-state index < -0.39 is 34.2 Å². The van der Waals surface area contributed by atoms with Crippen LogP contribution in [0.4, 0.5) is 17.6 Å². The van der Waals surface area contributed by atoms with Gasteiger partial charge in [-0.25, -0.2) is 22.4 Å². The van der Waals surface area contributed by atoms with Crippen LogP contribution in [0.1, 0.15) is 48.9 Å². The normalized spacial score (nSPS) is 39.5. The lowest BCUT2D eigenvalue weighted by atomic mass is 9.46. The fourth-order valence-electron chi connectivity index (χ4n) is 5.76. The summed E-state index contributed by atoms with van der Waals surface area (Å²) in [5, 5.41) is -0.0404. The summed E-state index contributed by atoms with van der Waals surface area (Å²) in [5.74, 6) is -1.84. The summed E-state index contributed by atoms with van der Waals surface area (Å²) in [5.41, 5.74) is -7.01. The van der Waals surface area contributed by atoms with Crippen LogP contribution in [-0.4, -0.2) is 36.7 Å². The minimum Gasteiger partial charge on any atom is -0.491 e. The third-order valence-electron chi connectivity index (χ3n) is 5.94. The van der Waals surface area contributed by atoms with Crippen molar-refractivity contribution < 1.29 is 31.8 Å². The molecule has 0 aliphatic heterocycles. The molecule has 4 aliphatic carbocycles. The van der Waals surface area contributed by atoms with E-state index in [1.165, 1.54) is 0 Å². The number of halogens is 5. The summed E-state index contributed by atoms with van der Waals surface area (Å²) in [6.45, 7) is -0.174. The van der Waals surface area contributed by atoms with Gasteiger partial charge < -0.3 is 9.47 Å². The number of carbonyl (C=O) groups excluding carboxylic acids is 1. The molecule has 0 saturated heterocycles. The highest BCUT2D eigenvalue weighted by molar-refractivity contribution is 6.32. The number of hydrogen-bond acceptors (Lipinski definition) is 3. The van der Waals surface area contributed by atoms with Crippen LogP contribution in [-0.2, 0) is 4.74 Å². The molecule has 0 radical (unpaired) electrons. The highest BCUT2D eigenvalue weighted by Gasteiger charge is 2.70. The van der Waals surface area contributed by atoms with Crippen molar-refractivity contribution in [1.82, 2.24) is 0 Å². The van der Waals surface area contributed by atoms with Gasteiger partial charge in [-0.05, 0) is 25.3 Å². The van der Waals surface area contributed by atoms with Crippen LogP contribution in [0.25, 0.3) is 0 Å². The van der Waals surface area contributed by atoms with Crippen LogP contribution in [0.15, 0.2) is 12.1 Å². The molecule has 4 bridgehead atoms. The molecule has 0 atom stereocenters. The van der Waals surface area contributed by atoms with Crippen molar-refractivity contribution in [3.05, 3.63) is 28.5 Å². The Balaban J connectivity index is 1.57. The molecule has 0 aromatic heterocycles. The third-order valence-corrected chi connectivity index (χ3v) is 6.23. The van der Waals surface area contributed by atoms with Crippen molar-refractivity contribution in [3.8, 4) is 5.75 Å². The van der Waals surface area contributed by atoms with Crippen molar-refractivity contribution in [1.29, 1.82) is 0 Å². The lowest BCUT2D eigenvalue weighted by Gasteiger charge is -2.62. The van der Waals surface area contributed by atoms with Gasteiger partial charge in [0.25, 0.3) is 0 Å². The van der Waals surface area contributed by atoms with E-state index >= 15 is 0 Å². The number of methoxy groups -OCH3 is 1. The van der Waals surface area contributed by atoms with Gasteiger partial charge in [-0.2, -0.15) is 0 Å². The minimum atomic E-state index is -1.88. The third kappa shape index (κ3) is 3.18. The van der Waals surface area contributed by atoms with Gasteiger partial charge >= 0.3 is 5.97 Å². The van der Waals surface area contributed by atoms with Gasteiger partial charge in [-0.15, -0.1) is 0 Å². The summed E-state index contributed by atoms with van der Waals surface area (Å²) in [4.78, 5) is 11.5. The molecule has 1 aromatic carbocycles. The number of alkyl halides is 3. The van der Waals surface area contributed by atoms with E-state index in [0.717, 1.165) is 19.2 Å². The van der Waals surface area contributed by atoms with E-state index in [9.17, 15) is 22.4 Å². The average molecular weight is 407 g/mol. The molecule has 5 rings (SSSR count). The van der Waals surface area contributed by atoms with Crippen molar-refractivity contribution in [2.45, 2.75) is 55.5 Å². The molecule has 0 N–H and O–H groups in total. The zero-order valence-corrected chi connectivity index (χ0v) is 15.5. The molecule has 27 heavy (non-hydrogen) atoms. The molecular formula is C19H19ClF4O3. The summed E-state index contributed by atoms with van der Waals surface area (Å²) in [6.07, 6.45) is -0.809. The zero-order valence-electron chi connectivity index (χ0n) is 14.7. The Bertz CT molecular complexity index is 761. The first kappa shape index (κ1) is 18.8. The van der Waals surface area contributed by atoms with Crippen LogP contribution in [0, 0.1) is 11.2 Å². The number of ether oxygens (including phenoxy) is 2. The minimum absolute atomic E-state index is 0.0116. The Hall–Kier alpha value is -1.50. The number of benzene rings is 1. The molecule has 0 unspecified atom stereocenters. The summed E-state index contributed by atoms with van der Waals surface area (Å²) in [7, 11) is 1.11. The van der Waals surface area contributed by atoms with E-state index in [1.54, 1.807) is 0 Å². The van der Waals surface area contributed by atoms with Crippen LogP contribution in [0.2, 0.25) is 5.02 Å². The fraction of sp³-hybridized carbons (Fsp3) is 0.632. The Morgan fingerprint density at radius 2 is 1.56 bits per heavy atom. The predicted octanol–water partition coefficient (Wildman–Crippen LogP) is 5.14. The van der Waals surface area contributed by atoms with Crippen molar-refractivity contribution in [3.63, 3.8) is 0 Å². The molecule has 4 saturated carbocycles. The number of esters is 1. The molecular weight excluding hydrogens is 388 g/mol. The van der Waals surface area contributed by atoms with E-state index in [0.29, 0.717) is 0 Å². The second kappa shape index (κ2) is 5.75. The number of rotatable bonds is 4. The summed E-state index contributed by atoms with van der Waals surface area (Å²) >= 11 is 6.05. The molecule has 148 valence electrons. The van der Waals surface area contributed by atoms with Gasteiger partial charge in [0.2, 0.25) is 0 Å². The van der Waals surface area contributed by atoms with Crippen LogP contribution in [0.3, 0.4) is 0 Å². The lowest BCUT2D eigenvalue weighted by Crippen LogP contribution is -2.66. The second-order valence-corrected chi connectivity index (χ2v) is 8.96. The van der Waals surface area contributed by atoms with Gasteiger partial charge in [-0.1, -0.05) is 11.6 Å². The molecule has 4 aliphatic rings. The molecule has 3 nitrogen and oxygen atoms in total. The smallest absolute Gasteiger partial charge is 0.340 e. The Kier molecular flexibility index (Phi) is 4.01. The lowest BCUT2D eigenvalue weighted by molar-refractivity contribution is -0.223. The topological polar surface area (TPSA) is 35.5 Å². The van der Waals surface area contributed by atoms with Gasteiger partial charge in [0.1, 0.15) is 28.6 Å². The standard InChI is InChI=1S/C19H19ClF4O3/c1-26-15(25)11-2-12(20)14(3-13(11)21)27-10-16-4-17(22)7-18(23,5-16)9-19(24,6-16)8-17/h2-3H,4-10H2,1H3. The molecule has 0 amide bonds. The first-order valence-electron chi connectivity index (χ1n) is 8.76. The van der Waals surface area contributed by atoms with Gasteiger partial charge in [0.05, 0.1) is 24.3 Å². The van der Waals surface area contributed by atoms with Gasteiger partial charge in [0.15, 0.2) is 0 Å². The SMILES string of the molecule is COC(=O)c1cc(Cl)c(OCC23CC4(F)CC(F)(CC(F)(C4)C2)C3)cc1F. The maximum absolute atomic E-state index is 15.0. The van der Waals surface area contributed by atoms with Gasteiger partial charge in [-0.3, -0.25) is 0 Å². The Morgan fingerprint density at radius 1 is 1.04 bits per heavy atom. The molecule has 8 heteroatoms. The largest absolute Gasteiger partial charge is 0.491 e. The second-order valence-electron chi connectivity index (χ2n) is 8.56. The monoisotopic (exact) mass is 406 g/mol. The van der Waals surface area contributed by atoms with Crippen molar-refractivity contribution in [2.24, 2.45) is 5.41 Å². The van der Waals surface area contributed by atoms with Crippen LogP contribution < -0.4 is 4.74 Å². The molecule has 0 spiro atoms. The highest BCUT2D eigenvalue weighted by Crippen LogP contribution is 2.68.